The Labute approximate surface area is 196 Å². The molecule has 1 amide bonds. The number of hydrogen-bond donors (Lipinski definition) is 3. The summed E-state index contributed by atoms with van der Waals surface area (Å²) in [5, 5.41) is 13.2. The topological polar surface area (TPSA) is 126 Å². The van der Waals surface area contributed by atoms with Gasteiger partial charge in [0.05, 0.1) is 17.2 Å². The van der Waals surface area contributed by atoms with Crippen molar-refractivity contribution in [3.8, 4) is 0 Å². The highest BCUT2D eigenvalue weighted by molar-refractivity contribution is 14.0. The summed E-state index contributed by atoms with van der Waals surface area (Å²) in [6, 6.07) is 1.68. The third-order valence-corrected chi connectivity index (χ3v) is 6.73. The minimum atomic E-state index is -3.00. The molecule has 1 aromatic rings. The van der Waals surface area contributed by atoms with Gasteiger partial charge in [0.2, 0.25) is 5.91 Å². The van der Waals surface area contributed by atoms with Crippen LogP contribution in [0.3, 0.4) is 0 Å². The zero-order chi connectivity index (χ0) is 21.3. The first kappa shape index (κ1) is 26.7. The Kier molecular flexibility index (Phi) is 11.7. The van der Waals surface area contributed by atoms with Crippen LogP contribution in [0.1, 0.15) is 63.8 Å². The Hall–Kier alpha value is -1.37. The van der Waals surface area contributed by atoms with Gasteiger partial charge in [-0.15, -0.1) is 24.0 Å². The van der Waals surface area contributed by atoms with Crippen LogP contribution in [0.5, 0.6) is 0 Å². The van der Waals surface area contributed by atoms with E-state index in [0.717, 1.165) is 18.5 Å². The lowest BCUT2D eigenvalue weighted by atomic mass is 9.99. The van der Waals surface area contributed by atoms with Gasteiger partial charge in [-0.1, -0.05) is 19.0 Å². The molecule has 11 heteroatoms. The van der Waals surface area contributed by atoms with Crippen LogP contribution in [0, 0.1) is 0 Å². The maximum atomic E-state index is 12.0. The van der Waals surface area contributed by atoms with Gasteiger partial charge >= 0.3 is 0 Å². The number of hydrogen-bond acceptors (Lipinski definition) is 6. The van der Waals surface area contributed by atoms with Crippen molar-refractivity contribution in [2.45, 2.75) is 65.0 Å². The van der Waals surface area contributed by atoms with Crippen molar-refractivity contribution >= 4 is 45.7 Å². The number of halogens is 1. The van der Waals surface area contributed by atoms with Gasteiger partial charge in [0.15, 0.2) is 21.6 Å². The van der Waals surface area contributed by atoms with Crippen molar-refractivity contribution in [1.82, 2.24) is 21.1 Å². The van der Waals surface area contributed by atoms with E-state index in [-0.39, 0.29) is 53.9 Å². The summed E-state index contributed by atoms with van der Waals surface area (Å²) in [6.45, 7) is 7.67. The van der Waals surface area contributed by atoms with E-state index in [4.69, 9.17) is 4.52 Å². The normalized spacial score (nSPS) is 18.1. The molecule has 1 atom stereocenters. The predicted molar refractivity (Wildman–Crippen MR) is 128 cm³/mol. The van der Waals surface area contributed by atoms with Gasteiger partial charge in [0.1, 0.15) is 6.54 Å². The predicted octanol–water partition coefficient (Wildman–Crippen LogP) is 1.94. The maximum absolute atomic E-state index is 12.0. The van der Waals surface area contributed by atoms with E-state index in [9.17, 15) is 13.2 Å². The zero-order valence-corrected chi connectivity index (χ0v) is 21.1. The van der Waals surface area contributed by atoms with Crippen molar-refractivity contribution in [1.29, 1.82) is 0 Å². The molecule has 172 valence electrons. The molecule has 0 aromatic carbocycles. The largest absolute Gasteiger partial charge is 0.359 e. The highest BCUT2D eigenvalue weighted by Crippen LogP contribution is 2.22. The average molecular weight is 555 g/mol. The number of aromatic nitrogens is 1. The summed E-state index contributed by atoms with van der Waals surface area (Å²) < 4.78 is 28.3. The van der Waals surface area contributed by atoms with Crippen LogP contribution in [-0.2, 0) is 21.2 Å². The lowest BCUT2D eigenvalue weighted by Crippen LogP contribution is -2.41. The summed E-state index contributed by atoms with van der Waals surface area (Å²) in [7, 11) is -3.00. The monoisotopic (exact) mass is 555 g/mol. The van der Waals surface area contributed by atoms with E-state index in [1.807, 2.05) is 13.0 Å². The standard InChI is InChI=1S/C19H33N5O4S.HI/c1-4-14(5-2)17-11-16(28-24-17)12-22-19(20-6-3)21-9-7-18(25)23-15-8-10-29(26,27)13-15;/h11,14-15H,4-10,12-13H2,1-3H3,(H,23,25)(H2,20,21,22);1H. The molecule has 0 radical (unpaired) electrons. The van der Waals surface area contributed by atoms with E-state index >= 15 is 0 Å². The van der Waals surface area contributed by atoms with Gasteiger partial charge in [-0.2, -0.15) is 0 Å². The first-order valence-electron chi connectivity index (χ1n) is 10.3. The van der Waals surface area contributed by atoms with E-state index in [1.165, 1.54) is 0 Å². The third-order valence-electron chi connectivity index (χ3n) is 4.96. The fourth-order valence-corrected chi connectivity index (χ4v) is 4.98. The van der Waals surface area contributed by atoms with Crippen LogP contribution < -0.4 is 16.0 Å². The summed E-state index contributed by atoms with van der Waals surface area (Å²) in [5.41, 5.74) is 0.962. The van der Waals surface area contributed by atoms with E-state index < -0.39 is 9.84 Å². The van der Waals surface area contributed by atoms with Crippen molar-refractivity contribution in [3.63, 3.8) is 0 Å². The highest BCUT2D eigenvalue weighted by Gasteiger charge is 2.28. The number of carbonyl (C=O) groups is 1. The second kappa shape index (κ2) is 13.1. The molecule has 0 aliphatic carbocycles. The Balaban J connectivity index is 0.00000450. The summed E-state index contributed by atoms with van der Waals surface area (Å²) in [4.78, 5) is 16.5. The SMILES string of the molecule is CCNC(=NCc1cc(C(CC)CC)no1)NCCC(=O)NC1CCS(=O)(=O)C1.I. The molecule has 0 spiro atoms. The van der Waals surface area contributed by atoms with Crippen LogP contribution in [0.2, 0.25) is 0 Å². The Morgan fingerprint density at radius 3 is 2.63 bits per heavy atom. The molecule has 0 bridgehead atoms. The number of aliphatic imine (C=N–C) groups is 1. The van der Waals surface area contributed by atoms with Crippen LogP contribution in [-0.4, -0.2) is 56.1 Å². The molecule has 1 aliphatic rings. The first-order valence-corrected chi connectivity index (χ1v) is 12.2. The van der Waals surface area contributed by atoms with Crippen LogP contribution in [0.15, 0.2) is 15.6 Å². The number of rotatable bonds is 10. The Morgan fingerprint density at radius 1 is 1.30 bits per heavy atom. The molecule has 1 unspecified atom stereocenters. The molecule has 2 rings (SSSR count). The molecule has 9 nitrogen and oxygen atoms in total. The van der Waals surface area contributed by atoms with E-state index in [0.29, 0.717) is 43.7 Å². The Morgan fingerprint density at radius 2 is 2.03 bits per heavy atom. The second-order valence-corrected chi connectivity index (χ2v) is 9.50. The lowest BCUT2D eigenvalue weighted by molar-refractivity contribution is -0.121. The summed E-state index contributed by atoms with van der Waals surface area (Å²) >= 11 is 0. The minimum Gasteiger partial charge on any atom is -0.359 e. The fourth-order valence-electron chi connectivity index (χ4n) is 3.30. The van der Waals surface area contributed by atoms with Crippen molar-refractivity contribution in [2.75, 3.05) is 24.6 Å². The number of sulfone groups is 1. The smallest absolute Gasteiger partial charge is 0.222 e. The molecular weight excluding hydrogens is 521 g/mol. The molecular formula is C19H34IN5O4S. The number of nitrogens with zero attached hydrogens (tertiary/aromatic N) is 2. The van der Waals surface area contributed by atoms with Crippen molar-refractivity contribution in [2.24, 2.45) is 4.99 Å². The van der Waals surface area contributed by atoms with Crippen LogP contribution in [0.25, 0.3) is 0 Å². The molecule has 1 aliphatic heterocycles. The van der Waals surface area contributed by atoms with Crippen molar-refractivity contribution < 1.29 is 17.7 Å². The molecule has 3 N–H and O–H groups in total. The fraction of sp³-hybridized carbons (Fsp3) is 0.737. The van der Waals surface area contributed by atoms with Crippen LogP contribution >= 0.6 is 24.0 Å². The van der Waals surface area contributed by atoms with E-state index in [1.54, 1.807) is 0 Å². The maximum Gasteiger partial charge on any atom is 0.222 e. The minimum absolute atomic E-state index is 0. The molecule has 1 saturated heterocycles. The van der Waals surface area contributed by atoms with Crippen molar-refractivity contribution in [3.05, 3.63) is 17.5 Å². The van der Waals surface area contributed by atoms with Gasteiger partial charge in [0, 0.05) is 37.5 Å². The molecule has 30 heavy (non-hydrogen) atoms. The van der Waals surface area contributed by atoms with Gasteiger partial charge < -0.3 is 20.5 Å². The number of nitrogens with one attached hydrogen (secondary N) is 3. The number of carbonyl (C=O) groups excluding carboxylic acids is 1. The Bertz CT molecular complexity index is 793. The van der Waals surface area contributed by atoms with Crippen LogP contribution in [0.4, 0.5) is 0 Å². The molecule has 1 aromatic heterocycles. The average Bonchev–Trinajstić information content (AvgIpc) is 3.27. The summed E-state index contributed by atoms with van der Waals surface area (Å²) in [6.07, 6.45) is 2.76. The van der Waals surface area contributed by atoms with Gasteiger partial charge in [-0.05, 0) is 26.2 Å². The number of amides is 1. The number of guanidine groups is 1. The molecule has 1 fully saturated rings. The molecule has 0 saturated carbocycles. The zero-order valence-electron chi connectivity index (χ0n) is 17.9. The lowest BCUT2D eigenvalue weighted by Gasteiger charge is -2.13. The summed E-state index contributed by atoms with van der Waals surface area (Å²) in [5.74, 6) is 1.70. The first-order chi connectivity index (χ1) is 13.9. The van der Waals surface area contributed by atoms with Gasteiger partial charge in [-0.25, -0.2) is 13.4 Å². The highest BCUT2D eigenvalue weighted by atomic mass is 127. The van der Waals surface area contributed by atoms with Gasteiger partial charge in [0.25, 0.3) is 0 Å². The quantitative estimate of drug-likeness (QED) is 0.229. The molecule has 2 heterocycles. The third kappa shape index (κ3) is 8.78. The second-order valence-electron chi connectivity index (χ2n) is 7.27. The van der Waals surface area contributed by atoms with E-state index in [2.05, 4.69) is 39.9 Å². The van der Waals surface area contributed by atoms with Gasteiger partial charge in [-0.3, -0.25) is 4.79 Å².